The molecule has 7 heteroatoms. The van der Waals surface area contributed by atoms with Gasteiger partial charge in [-0.3, -0.25) is 4.79 Å². The Balaban J connectivity index is 1.21. The normalized spacial score (nSPS) is 18.5. The van der Waals surface area contributed by atoms with E-state index < -0.39 is 11.7 Å². The summed E-state index contributed by atoms with van der Waals surface area (Å²) in [7, 11) is 0. The smallest absolute Gasteiger partial charge is 0.352 e. The number of rotatable bonds is 7. The van der Waals surface area contributed by atoms with Crippen molar-refractivity contribution in [3.8, 4) is 11.1 Å². The van der Waals surface area contributed by atoms with Gasteiger partial charge >= 0.3 is 6.18 Å². The van der Waals surface area contributed by atoms with Crippen molar-refractivity contribution in [1.29, 1.82) is 0 Å². The molecule has 0 spiro atoms. The average molecular weight is 488 g/mol. The maximum Gasteiger partial charge on any atom is 0.416 e. The molecule has 2 saturated heterocycles. The third kappa shape index (κ3) is 6.85. The Kier molecular flexibility index (Phi) is 8.50. The quantitative estimate of drug-likeness (QED) is 0.505. The Morgan fingerprint density at radius 2 is 1.60 bits per heavy atom. The SMILES string of the molecule is Cc1cc(-c2ccc(C(F)(F)F)cc2)ccc1C(=O)NCCCN1CCC(N2CCCCC2)CC1. The van der Waals surface area contributed by atoms with E-state index in [0.29, 0.717) is 17.7 Å². The number of amides is 1. The minimum Gasteiger partial charge on any atom is -0.352 e. The number of alkyl halides is 3. The van der Waals surface area contributed by atoms with Crippen LogP contribution in [0.5, 0.6) is 0 Å². The first-order valence-corrected chi connectivity index (χ1v) is 12.8. The zero-order valence-electron chi connectivity index (χ0n) is 20.5. The average Bonchev–Trinajstić information content (AvgIpc) is 2.87. The first kappa shape index (κ1) is 25.7. The van der Waals surface area contributed by atoms with Gasteiger partial charge in [-0.1, -0.05) is 30.7 Å². The minimum atomic E-state index is -4.35. The van der Waals surface area contributed by atoms with Crippen LogP contribution in [0.2, 0.25) is 0 Å². The number of halogens is 3. The van der Waals surface area contributed by atoms with Crippen molar-refractivity contribution in [2.45, 2.75) is 57.7 Å². The molecule has 2 aromatic carbocycles. The van der Waals surface area contributed by atoms with Crippen LogP contribution in [0.15, 0.2) is 42.5 Å². The van der Waals surface area contributed by atoms with E-state index >= 15 is 0 Å². The van der Waals surface area contributed by atoms with Gasteiger partial charge in [0.05, 0.1) is 5.56 Å². The summed E-state index contributed by atoms with van der Waals surface area (Å²) in [4.78, 5) is 17.9. The zero-order chi connectivity index (χ0) is 24.8. The second kappa shape index (κ2) is 11.6. The molecule has 0 atom stereocenters. The lowest BCUT2D eigenvalue weighted by Crippen LogP contribution is -2.47. The number of piperidine rings is 2. The van der Waals surface area contributed by atoms with Crippen LogP contribution in [-0.2, 0) is 6.18 Å². The fourth-order valence-corrected chi connectivity index (χ4v) is 5.34. The van der Waals surface area contributed by atoms with Crippen molar-refractivity contribution in [2.24, 2.45) is 0 Å². The molecule has 2 aromatic rings. The lowest BCUT2D eigenvalue weighted by atomic mass is 9.98. The standard InChI is InChI=1S/C28H36F3N3O/c1-21-20-23(22-6-9-24(10-7-22)28(29,30)31)8-11-26(21)27(35)32-14-5-15-33-18-12-25(13-19-33)34-16-3-2-4-17-34/h6-11,20,25H,2-5,12-19H2,1H3,(H,32,35). The third-order valence-corrected chi connectivity index (χ3v) is 7.42. The lowest BCUT2D eigenvalue weighted by molar-refractivity contribution is -0.137. The molecule has 0 unspecified atom stereocenters. The highest BCUT2D eigenvalue weighted by atomic mass is 19.4. The number of carbonyl (C=O) groups excluding carboxylic acids is 1. The second-order valence-electron chi connectivity index (χ2n) is 9.88. The summed E-state index contributed by atoms with van der Waals surface area (Å²) in [5.41, 5.74) is 2.22. The van der Waals surface area contributed by atoms with Crippen molar-refractivity contribution in [3.05, 3.63) is 59.2 Å². The number of nitrogens with zero attached hydrogens (tertiary/aromatic N) is 2. The van der Waals surface area contributed by atoms with E-state index in [1.54, 1.807) is 12.1 Å². The van der Waals surface area contributed by atoms with Crippen molar-refractivity contribution >= 4 is 5.91 Å². The molecule has 0 bridgehead atoms. The summed E-state index contributed by atoms with van der Waals surface area (Å²) in [6.45, 7) is 8.29. The van der Waals surface area contributed by atoms with Crippen molar-refractivity contribution in [3.63, 3.8) is 0 Å². The topological polar surface area (TPSA) is 35.6 Å². The third-order valence-electron chi connectivity index (χ3n) is 7.42. The molecule has 2 aliphatic rings. The van der Waals surface area contributed by atoms with E-state index in [2.05, 4.69) is 15.1 Å². The summed E-state index contributed by atoms with van der Waals surface area (Å²) in [6, 6.07) is 11.2. The van der Waals surface area contributed by atoms with Gasteiger partial charge in [0, 0.05) is 18.2 Å². The van der Waals surface area contributed by atoms with Gasteiger partial charge in [-0.15, -0.1) is 0 Å². The van der Waals surface area contributed by atoms with Gasteiger partial charge in [-0.2, -0.15) is 13.2 Å². The molecule has 2 aliphatic heterocycles. The molecule has 190 valence electrons. The largest absolute Gasteiger partial charge is 0.416 e. The molecule has 0 radical (unpaired) electrons. The first-order valence-electron chi connectivity index (χ1n) is 12.8. The fourth-order valence-electron chi connectivity index (χ4n) is 5.34. The zero-order valence-corrected chi connectivity index (χ0v) is 20.5. The van der Waals surface area contributed by atoms with Crippen LogP contribution < -0.4 is 5.32 Å². The first-order chi connectivity index (χ1) is 16.8. The van der Waals surface area contributed by atoms with Crippen LogP contribution in [0, 0.1) is 6.92 Å². The van der Waals surface area contributed by atoms with Crippen molar-refractivity contribution in [2.75, 3.05) is 39.3 Å². The van der Waals surface area contributed by atoms with E-state index in [-0.39, 0.29) is 5.91 Å². The highest BCUT2D eigenvalue weighted by Gasteiger charge is 2.30. The fraction of sp³-hybridized carbons (Fsp3) is 0.536. The number of nitrogens with one attached hydrogen (secondary N) is 1. The molecule has 2 fully saturated rings. The predicted octanol–water partition coefficient (Wildman–Crippen LogP) is 5.75. The number of likely N-dealkylation sites (tertiary alicyclic amines) is 2. The van der Waals surface area contributed by atoms with Crippen LogP contribution in [0.1, 0.15) is 60.0 Å². The van der Waals surface area contributed by atoms with E-state index in [1.165, 1.54) is 57.3 Å². The Labute approximate surface area is 206 Å². The Morgan fingerprint density at radius 1 is 0.943 bits per heavy atom. The molecule has 35 heavy (non-hydrogen) atoms. The van der Waals surface area contributed by atoms with E-state index in [9.17, 15) is 18.0 Å². The summed E-state index contributed by atoms with van der Waals surface area (Å²) < 4.78 is 38.4. The van der Waals surface area contributed by atoms with Crippen LogP contribution >= 0.6 is 0 Å². The molecule has 4 nitrogen and oxygen atoms in total. The Hall–Kier alpha value is -2.38. The van der Waals surface area contributed by atoms with Gasteiger partial charge in [-0.25, -0.2) is 0 Å². The monoisotopic (exact) mass is 487 g/mol. The van der Waals surface area contributed by atoms with Crippen LogP contribution in [-0.4, -0.2) is 61.0 Å². The van der Waals surface area contributed by atoms with Gasteiger partial charge in [-0.05, 0) is 107 Å². The molecule has 0 aromatic heterocycles. The number of hydrogen-bond acceptors (Lipinski definition) is 3. The molecule has 0 saturated carbocycles. The number of aryl methyl sites for hydroxylation is 1. The van der Waals surface area contributed by atoms with Gasteiger partial charge in [0.25, 0.3) is 5.91 Å². The highest BCUT2D eigenvalue weighted by Crippen LogP contribution is 2.31. The highest BCUT2D eigenvalue weighted by molar-refractivity contribution is 5.96. The molecule has 0 aliphatic carbocycles. The maximum absolute atomic E-state index is 12.8. The van der Waals surface area contributed by atoms with Crippen LogP contribution in [0.3, 0.4) is 0 Å². The second-order valence-corrected chi connectivity index (χ2v) is 9.88. The summed E-state index contributed by atoms with van der Waals surface area (Å²) in [5, 5.41) is 3.02. The Morgan fingerprint density at radius 3 is 2.23 bits per heavy atom. The van der Waals surface area contributed by atoms with E-state index in [4.69, 9.17) is 0 Å². The Bertz CT molecular complexity index is 976. The summed E-state index contributed by atoms with van der Waals surface area (Å²) in [5.74, 6) is -0.106. The number of hydrogen-bond donors (Lipinski definition) is 1. The molecule has 2 heterocycles. The summed E-state index contributed by atoms with van der Waals surface area (Å²) >= 11 is 0. The molecule has 1 amide bonds. The van der Waals surface area contributed by atoms with Gasteiger partial charge in [0.2, 0.25) is 0 Å². The predicted molar refractivity (Wildman–Crippen MR) is 133 cm³/mol. The number of carbonyl (C=O) groups is 1. The molecule has 4 rings (SSSR count). The van der Waals surface area contributed by atoms with Gasteiger partial charge in [0.1, 0.15) is 0 Å². The molecular weight excluding hydrogens is 451 g/mol. The molecular formula is C28H36F3N3O. The summed E-state index contributed by atoms with van der Waals surface area (Å²) in [6.07, 6.45) is 3.13. The van der Waals surface area contributed by atoms with Crippen LogP contribution in [0.4, 0.5) is 13.2 Å². The van der Waals surface area contributed by atoms with E-state index in [0.717, 1.165) is 55.4 Å². The van der Waals surface area contributed by atoms with E-state index in [1.807, 2.05) is 13.0 Å². The number of benzene rings is 2. The van der Waals surface area contributed by atoms with Gasteiger partial charge in [0.15, 0.2) is 0 Å². The maximum atomic E-state index is 12.8. The van der Waals surface area contributed by atoms with Crippen molar-refractivity contribution < 1.29 is 18.0 Å². The minimum absolute atomic E-state index is 0.106. The molecule has 1 N–H and O–H groups in total. The van der Waals surface area contributed by atoms with Crippen LogP contribution in [0.25, 0.3) is 11.1 Å². The lowest BCUT2D eigenvalue weighted by Gasteiger charge is -2.40. The van der Waals surface area contributed by atoms with Crippen molar-refractivity contribution in [1.82, 2.24) is 15.1 Å². The van der Waals surface area contributed by atoms with Gasteiger partial charge < -0.3 is 15.1 Å².